The zero-order valence-electron chi connectivity index (χ0n) is 20.9. The molecule has 0 saturated heterocycles. The lowest BCUT2D eigenvalue weighted by atomic mass is 10.1. The van der Waals surface area contributed by atoms with Crippen LogP contribution in [-0.4, -0.2) is 25.6 Å². The molecule has 5 aromatic rings. The molecular weight excluding hydrogens is 521 g/mol. The number of imidazole rings is 1. The first kappa shape index (κ1) is 24.7. The molecule has 1 fully saturated rings. The molecule has 1 N–H and O–H groups in total. The van der Waals surface area contributed by atoms with Gasteiger partial charge in [0, 0.05) is 27.4 Å². The molecule has 6 nitrogen and oxygen atoms in total. The number of aromatic nitrogens is 3. The number of hydrogen-bond acceptors (Lipinski definition) is 4. The number of aliphatic carboxylic acids is 1. The third-order valence-corrected chi connectivity index (χ3v) is 8.09. The monoisotopic (exact) mass is 545 g/mol. The Bertz CT molecular complexity index is 1710. The number of rotatable bonds is 7. The van der Waals surface area contributed by atoms with E-state index in [9.17, 15) is 9.90 Å². The summed E-state index contributed by atoms with van der Waals surface area (Å²) in [5.74, 6) is -0.136. The highest BCUT2D eigenvalue weighted by molar-refractivity contribution is 6.35. The van der Waals surface area contributed by atoms with Crippen LogP contribution in [-0.2, 0) is 17.9 Å². The standard InChI is InChI=1S/C30H25Cl2N3O3/c1-30(2)26(27(30)29(36)37)28-34-24-14-21(38-16-20-10-8-17-5-3-4-6-23(17)33-20)11-12-25(24)35(28)15-18-7-9-19(31)13-22(18)32/h3-14,26-27H,15-16H2,1-2H3,(H,36,37)/t26?,27-/m1/s1. The molecule has 2 heterocycles. The normalized spacial score (nSPS) is 18.1. The highest BCUT2D eigenvalue weighted by atomic mass is 35.5. The molecule has 2 aromatic heterocycles. The molecule has 1 aliphatic carbocycles. The molecule has 1 unspecified atom stereocenters. The Hall–Kier alpha value is -3.61. The summed E-state index contributed by atoms with van der Waals surface area (Å²) < 4.78 is 8.15. The predicted octanol–water partition coefficient (Wildman–Crippen LogP) is 7.34. The Morgan fingerprint density at radius 1 is 1.00 bits per heavy atom. The van der Waals surface area contributed by atoms with Crippen LogP contribution in [0.3, 0.4) is 0 Å². The molecule has 192 valence electrons. The van der Waals surface area contributed by atoms with Crippen molar-refractivity contribution >= 4 is 51.1 Å². The smallest absolute Gasteiger partial charge is 0.307 e. The van der Waals surface area contributed by atoms with Gasteiger partial charge in [-0.3, -0.25) is 4.79 Å². The van der Waals surface area contributed by atoms with Gasteiger partial charge in [-0.1, -0.05) is 67.4 Å². The first-order valence-corrected chi connectivity index (χ1v) is 13.1. The Labute approximate surface area is 229 Å². The highest BCUT2D eigenvalue weighted by Gasteiger charge is 2.64. The number of para-hydroxylation sites is 1. The van der Waals surface area contributed by atoms with Gasteiger partial charge >= 0.3 is 5.97 Å². The fraction of sp³-hybridized carbons (Fsp3) is 0.233. The third kappa shape index (κ3) is 4.38. The topological polar surface area (TPSA) is 77.2 Å². The van der Waals surface area contributed by atoms with E-state index in [1.165, 1.54) is 0 Å². The van der Waals surface area contributed by atoms with E-state index < -0.39 is 17.3 Å². The lowest BCUT2D eigenvalue weighted by Gasteiger charge is -2.12. The van der Waals surface area contributed by atoms with E-state index in [0.29, 0.717) is 28.9 Å². The summed E-state index contributed by atoms with van der Waals surface area (Å²) in [7, 11) is 0. The summed E-state index contributed by atoms with van der Waals surface area (Å²) in [6.45, 7) is 4.71. The fourth-order valence-electron chi connectivity index (χ4n) is 5.37. The predicted molar refractivity (Wildman–Crippen MR) is 149 cm³/mol. The molecule has 1 saturated carbocycles. The first-order chi connectivity index (χ1) is 18.2. The van der Waals surface area contributed by atoms with Crippen LogP contribution in [0.5, 0.6) is 5.75 Å². The van der Waals surface area contributed by atoms with Crippen molar-refractivity contribution in [1.29, 1.82) is 0 Å². The molecule has 0 amide bonds. The van der Waals surface area contributed by atoms with Crippen LogP contribution < -0.4 is 4.74 Å². The molecule has 3 aromatic carbocycles. The van der Waals surface area contributed by atoms with Gasteiger partial charge in [0.2, 0.25) is 0 Å². The number of hydrogen-bond donors (Lipinski definition) is 1. The minimum absolute atomic E-state index is 0.218. The van der Waals surface area contributed by atoms with Gasteiger partial charge < -0.3 is 14.4 Å². The molecule has 0 aliphatic heterocycles. The summed E-state index contributed by atoms with van der Waals surface area (Å²) in [5, 5.41) is 12.0. The van der Waals surface area contributed by atoms with Gasteiger partial charge in [0.1, 0.15) is 18.2 Å². The first-order valence-electron chi connectivity index (χ1n) is 12.4. The summed E-state index contributed by atoms with van der Waals surface area (Å²) in [6.07, 6.45) is 0. The van der Waals surface area contributed by atoms with Gasteiger partial charge in [0.05, 0.1) is 34.7 Å². The van der Waals surface area contributed by atoms with Crippen LogP contribution >= 0.6 is 23.2 Å². The molecule has 6 rings (SSSR count). The molecule has 38 heavy (non-hydrogen) atoms. The quantitative estimate of drug-likeness (QED) is 0.231. The molecule has 1 aliphatic rings. The maximum absolute atomic E-state index is 12.0. The fourth-order valence-corrected chi connectivity index (χ4v) is 5.84. The number of benzene rings is 3. The van der Waals surface area contributed by atoms with E-state index in [2.05, 4.69) is 9.55 Å². The number of ether oxygens (including phenoxy) is 1. The van der Waals surface area contributed by atoms with Crippen molar-refractivity contribution in [1.82, 2.24) is 14.5 Å². The second kappa shape index (κ2) is 9.29. The van der Waals surface area contributed by atoms with Gasteiger partial charge in [-0.2, -0.15) is 0 Å². The Morgan fingerprint density at radius 3 is 2.58 bits per heavy atom. The summed E-state index contributed by atoms with van der Waals surface area (Å²) in [4.78, 5) is 21.6. The zero-order valence-corrected chi connectivity index (χ0v) is 22.4. The van der Waals surface area contributed by atoms with Crippen molar-refractivity contribution in [2.45, 2.75) is 32.9 Å². The maximum Gasteiger partial charge on any atom is 0.307 e. The van der Waals surface area contributed by atoms with E-state index in [-0.39, 0.29) is 5.92 Å². The largest absolute Gasteiger partial charge is 0.487 e. The molecule has 0 spiro atoms. The van der Waals surface area contributed by atoms with Crippen LogP contribution in [0.25, 0.3) is 21.9 Å². The lowest BCUT2D eigenvalue weighted by molar-refractivity contribution is -0.139. The van der Waals surface area contributed by atoms with Gasteiger partial charge in [-0.15, -0.1) is 0 Å². The van der Waals surface area contributed by atoms with Crippen LogP contribution in [0.15, 0.2) is 72.8 Å². The summed E-state index contributed by atoms with van der Waals surface area (Å²) >= 11 is 12.6. The average molecular weight is 546 g/mol. The molecular formula is C30H25Cl2N3O3. The molecule has 8 heteroatoms. The van der Waals surface area contributed by atoms with Gasteiger partial charge in [0.15, 0.2) is 0 Å². The molecule has 2 atom stereocenters. The number of nitrogens with zero attached hydrogens (tertiary/aromatic N) is 3. The van der Waals surface area contributed by atoms with Crippen LogP contribution in [0, 0.1) is 11.3 Å². The zero-order chi connectivity index (χ0) is 26.6. The van der Waals surface area contributed by atoms with Crippen LogP contribution in [0.2, 0.25) is 10.0 Å². The van der Waals surface area contributed by atoms with E-state index in [1.54, 1.807) is 12.1 Å². The number of carboxylic acid groups (broad SMARTS) is 1. The Balaban J connectivity index is 1.34. The SMILES string of the molecule is CC1(C)C(c2nc3cc(OCc4ccc5ccccc5n4)ccc3n2Cc2ccc(Cl)cc2Cl)[C@@H]1C(=O)O. The van der Waals surface area contributed by atoms with E-state index in [4.69, 9.17) is 32.9 Å². The third-order valence-electron chi connectivity index (χ3n) is 7.51. The van der Waals surface area contributed by atoms with Crippen LogP contribution in [0.1, 0.15) is 36.8 Å². The second-order valence-corrected chi connectivity index (χ2v) is 11.2. The number of carbonyl (C=O) groups is 1. The summed E-state index contributed by atoms with van der Waals surface area (Å²) in [6, 6.07) is 23.1. The van der Waals surface area contributed by atoms with Gasteiger partial charge in [0.25, 0.3) is 0 Å². The van der Waals surface area contributed by atoms with E-state index in [0.717, 1.165) is 39.0 Å². The van der Waals surface area contributed by atoms with Crippen molar-refractivity contribution in [3.8, 4) is 5.75 Å². The Morgan fingerprint density at radius 2 is 1.82 bits per heavy atom. The number of fused-ring (bicyclic) bond motifs is 2. The van der Waals surface area contributed by atoms with Gasteiger partial charge in [-0.05, 0) is 47.4 Å². The number of carboxylic acids is 1. The Kier molecular flexibility index (Phi) is 6.04. The van der Waals surface area contributed by atoms with E-state index >= 15 is 0 Å². The number of pyridine rings is 1. The average Bonchev–Trinajstić information content (AvgIpc) is 3.31. The van der Waals surface area contributed by atoms with Crippen molar-refractivity contribution in [2.24, 2.45) is 11.3 Å². The van der Waals surface area contributed by atoms with Crippen molar-refractivity contribution in [3.05, 3.63) is 99.9 Å². The molecule has 0 radical (unpaired) electrons. The van der Waals surface area contributed by atoms with E-state index in [1.807, 2.05) is 74.5 Å². The minimum Gasteiger partial charge on any atom is -0.487 e. The van der Waals surface area contributed by atoms with Gasteiger partial charge in [-0.25, -0.2) is 9.97 Å². The van der Waals surface area contributed by atoms with Crippen molar-refractivity contribution < 1.29 is 14.6 Å². The summed E-state index contributed by atoms with van der Waals surface area (Å²) in [5.41, 5.74) is 3.85. The molecule has 0 bridgehead atoms. The minimum atomic E-state index is -0.810. The number of halogens is 2. The maximum atomic E-state index is 12.0. The van der Waals surface area contributed by atoms with Crippen LogP contribution in [0.4, 0.5) is 0 Å². The highest BCUT2D eigenvalue weighted by Crippen LogP contribution is 2.64. The second-order valence-electron chi connectivity index (χ2n) is 10.3. The lowest BCUT2D eigenvalue weighted by Crippen LogP contribution is -2.07. The van der Waals surface area contributed by atoms with Crippen molar-refractivity contribution in [2.75, 3.05) is 0 Å². The van der Waals surface area contributed by atoms with Crippen molar-refractivity contribution in [3.63, 3.8) is 0 Å².